The first kappa shape index (κ1) is 22.0. The van der Waals surface area contributed by atoms with Gasteiger partial charge in [-0.15, -0.1) is 0 Å². The molecule has 2 fully saturated rings. The first-order chi connectivity index (χ1) is 16.1. The molecule has 5 nitrogen and oxygen atoms in total. The Bertz CT molecular complexity index is 1140. The molecule has 5 rings (SSSR count). The van der Waals surface area contributed by atoms with Crippen molar-refractivity contribution in [2.24, 2.45) is 0 Å². The SMILES string of the molecule is COc1cccc(N2C(=S)N[C@H](c3ccccn3)[C@@H]2c2cc(C)n(C3CCCCC3)c2C)c1. The van der Waals surface area contributed by atoms with Crippen LogP contribution in [0.3, 0.4) is 0 Å². The van der Waals surface area contributed by atoms with E-state index < -0.39 is 0 Å². The Morgan fingerprint density at radius 1 is 1.03 bits per heavy atom. The normalized spacial score (nSPS) is 21.3. The van der Waals surface area contributed by atoms with E-state index in [4.69, 9.17) is 21.9 Å². The number of nitrogens with zero attached hydrogens (tertiary/aromatic N) is 3. The van der Waals surface area contributed by atoms with Crippen LogP contribution < -0.4 is 15.0 Å². The summed E-state index contributed by atoms with van der Waals surface area (Å²) in [5.41, 5.74) is 6.00. The summed E-state index contributed by atoms with van der Waals surface area (Å²) in [6, 6.07) is 17.2. The van der Waals surface area contributed by atoms with Crippen molar-refractivity contribution in [1.82, 2.24) is 14.9 Å². The molecule has 0 bridgehead atoms. The molecule has 6 heteroatoms. The van der Waals surface area contributed by atoms with Crippen LogP contribution in [0, 0.1) is 13.8 Å². The summed E-state index contributed by atoms with van der Waals surface area (Å²) < 4.78 is 8.10. The smallest absolute Gasteiger partial charge is 0.174 e. The van der Waals surface area contributed by atoms with Crippen LogP contribution in [0.25, 0.3) is 0 Å². The topological polar surface area (TPSA) is 42.3 Å². The minimum Gasteiger partial charge on any atom is -0.497 e. The lowest BCUT2D eigenvalue weighted by Crippen LogP contribution is -2.29. The fraction of sp³-hybridized carbons (Fsp3) is 0.407. The highest BCUT2D eigenvalue weighted by molar-refractivity contribution is 7.80. The van der Waals surface area contributed by atoms with Gasteiger partial charge >= 0.3 is 0 Å². The fourth-order valence-electron chi connectivity index (χ4n) is 5.71. The van der Waals surface area contributed by atoms with Crippen molar-refractivity contribution in [1.29, 1.82) is 0 Å². The minimum atomic E-state index is -0.0368. The van der Waals surface area contributed by atoms with Gasteiger partial charge in [0, 0.05) is 35.4 Å². The van der Waals surface area contributed by atoms with Crippen molar-refractivity contribution in [3.05, 3.63) is 77.4 Å². The lowest BCUT2D eigenvalue weighted by Gasteiger charge is -2.30. The molecule has 0 amide bonds. The molecule has 0 radical (unpaired) electrons. The third kappa shape index (κ3) is 4.01. The van der Waals surface area contributed by atoms with E-state index in [1.54, 1.807) is 7.11 Å². The highest BCUT2D eigenvalue weighted by Crippen LogP contribution is 2.45. The minimum absolute atomic E-state index is 0.00282. The molecular weight excluding hydrogens is 428 g/mol. The second-order valence-electron chi connectivity index (χ2n) is 9.19. The number of pyridine rings is 1. The van der Waals surface area contributed by atoms with Gasteiger partial charge in [0.15, 0.2) is 5.11 Å². The van der Waals surface area contributed by atoms with Crippen LogP contribution in [0.15, 0.2) is 54.7 Å². The predicted molar refractivity (Wildman–Crippen MR) is 137 cm³/mol. The van der Waals surface area contributed by atoms with E-state index in [-0.39, 0.29) is 12.1 Å². The Morgan fingerprint density at radius 3 is 2.58 bits per heavy atom. The van der Waals surface area contributed by atoms with E-state index in [1.807, 2.05) is 30.5 Å². The van der Waals surface area contributed by atoms with Crippen LogP contribution in [0.4, 0.5) is 5.69 Å². The van der Waals surface area contributed by atoms with Gasteiger partial charge in [-0.05, 0) is 74.8 Å². The molecule has 1 aromatic carbocycles. The zero-order valence-electron chi connectivity index (χ0n) is 19.6. The maximum atomic E-state index is 5.90. The number of ether oxygens (including phenoxy) is 1. The average molecular weight is 461 g/mol. The molecule has 0 spiro atoms. The van der Waals surface area contributed by atoms with Crippen LogP contribution in [-0.2, 0) is 0 Å². The van der Waals surface area contributed by atoms with E-state index in [0.29, 0.717) is 11.2 Å². The van der Waals surface area contributed by atoms with Gasteiger partial charge in [-0.2, -0.15) is 0 Å². The van der Waals surface area contributed by atoms with E-state index in [2.05, 4.69) is 52.9 Å². The number of nitrogens with one attached hydrogen (secondary N) is 1. The van der Waals surface area contributed by atoms with E-state index >= 15 is 0 Å². The Balaban J connectivity index is 1.63. The molecule has 3 heterocycles. The number of hydrogen-bond acceptors (Lipinski definition) is 3. The number of aromatic nitrogens is 2. The molecule has 1 N–H and O–H groups in total. The first-order valence-corrected chi connectivity index (χ1v) is 12.3. The molecule has 2 aromatic heterocycles. The fourth-order valence-corrected chi connectivity index (χ4v) is 6.06. The zero-order chi connectivity index (χ0) is 22.9. The van der Waals surface area contributed by atoms with Crippen LogP contribution in [0.2, 0.25) is 0 Å². The van der Waals surface area contributed by atoms with Crippen LogP contribution in [-0.4, -0.2) is 21.8 Å². The molecule has 1 saturated carbocycles. The Morgan fingerprint density at radius 2 is 1.85 bits per heavy atom. The van der Waals surface area contributed by atoms with Gasteiger partial charge in [0.1, 0.15) is 5.75 Å². The maximum absolute atomic E-state index is 5.90. The second kappa shape index (κ2) is 9.18. The number of thiocarbonyl (C=S) groups is 1. The van der Waals surface area contributed by atoms with Crippen LogP contribution >= 0.6 is 12.2 Å². The summed E-state index contributed by atoms with van der Waals surface area (Å²) >= 11 is 5.90. The largest absolute Gasteiger partial charge is 0.497 e. The van der Waals surface area contributed by atoms with E-state index in [1.165, 1.54) is 49.1 Å². The number of benzene rings is 1. The molecule has 2 atom stereocenters. The average Bonchev–Trinajstić information content (AvgIpc) is 3.35. The lowest BCUT2D eigenvalue weighted by atomic mass is 9.94. The van der Waals surface area contributed by atoms with Crippen LogP contribution in [0.1, 0.15) is 72.9 Å². The van der Waals surface area contributed by atoms with Gasteiger partial charge in [0.25, 0.3) is 0 Å². The number of anilines is 1. The van der Waals surface area contributed by atoms with Crippen molar-refractivity contribution < 1.29 is 4.74 Å². The van der Waals surface area contributed by atoms with Crippen molar-refractivity contribution in [3.63, 3.8) is 0 Å². The van der Waals surface area contributed by atoms with Crippen molar-refractivity contribution in [2.75, 3.05) is 12.0 Å². The molecule has 1 saturated heterocycles. The van der Waals surface area contributed by atoms with Gasteiger partial charge in [0.2, 0.25) is 0 Å². The Kier molecular flexibility index (Phi) is 6.11. The van der Waals surface area contributed by atoms with Crippen molar-refractivity contribution in [3.8, 4) is 5.75 Å². The summed E-state index contributed by atoms with van der Waals surface area (Å²) in [6.07, 6.45) is 8.38. The second-order valence-corrected chi connectivity index (χ2v) is 9.57. The molecule has 33 heavy (non-hydrogen) atoms. The van der Waals surface area contributed by atoms with Crippen molar-refractivity contribution in [2.45, 2.75) is 64.1 Å². The highest BCUT2D eigenvalue weighted by Gasteiger charge is 2.42. The summed E-state index contributed by atoms with van der Waals surface area (Å²) in [6.45, 7) is 4.52. The van der Waals surface area contributed by atoms with Gasteiger partial charge in [-0.3, -0.25) is 4.98 Å². The highest BCUT2D eigenvalue weighted by atomic mass is 32.1. The summed E-state index contributed by atoms with van der Waals surface area (Å²) in [7, 11) is 1.70. The van der Waals surface area contributed by atoms with Gasteiger partial charge in [-0.25, -0.2) is 0 Å². The molecule has 172 valence electrons. The number of rotatable bonds is 5. The molecular formula is C27H32N4OS. The van der Waals surface area contributed by atoms with Gasteiger partial charge in [-0.1, -0.05) is 31.4 Å². The number of hydrogen-bond donors (Lipinski definition) is 1. The molecule has 2 aliphatic rings. The summed E-state index contributed by atoms with van der Waals surface area (Å²) in [4.78, 5) is 6.94. The third-order valence-electron chi connectivity index (χ3n) is 7.21. The summed E-state index contributed by atoms with van der Waals surface area (Å²) in [5.74, 6) is 0.822. The predicted octanol–water partition coefficient (Wildman–Crippen LogP) is 6.19. The summed E-state index contributed by atoms with van der Waals surface area (Å²) in [5, 5.41) is 4.30. The van der Waals surface area contributed by atoms with Crippen LogP contribution in [0.5, 0.6) is 5.75 Å². The van der Waals surface area contributed by atoms with E-state index in [0.717, 1.165) is 17.1 Å². The zero-order valence-corrected chi connectivity index (χ0v) is 20.4. The number of methoxy groups -OCH3 is 1. The Labute approximate surface area is 201 Å². The molecule has 3 aromatic rings. The van der Waals surface area contributed by atoms with Gasteiger partial charge in [0.05, 0.1) is 24.9 Å². The quantitative estimate of drug-likeness (QED) is 0.460. The lowest BCUT2D eigenvalue weighted by molar-refractivity contribution is 0.345. The Hall–Kier alpha value is -2.86. The first-order valence-electron chi connectivity index (χ1n) is 11.9. The maximum Gasteiger partial charge on any atom is 0.174 e. The molecule has 0 unspecified atom stereocenters. The monoisotopic (exact) mass is 460 g/mol. The number of aryl methyl sites for hydroxylation is 1. The standard InChI is InChI=1S/C27H32N4OS/c1-18-16-23(19(2)30(18)20-10-5-4-6-11-20)26-25(24-14-7-8-15-28-24)29-27(33)31(26)21-12-9-13-22(17-21)32-3/h7-9,12-17,20,25-26H,4-6,10-11H2,1-3H3,(H,29,33)/t25-,26+/m1/s1. The third-order valence-corrected chi connectivity index (χ3v) is 7.53. The van der Waals surface area contributed by atoms with Gasteiger partial charge < -0.3 is 19.5 Å². The van der Waals surface area contributed by atoms with E-state index in [9.17, 15) is 0 Å². The molecule has 1 aliphatic heterocycles. The van der Waals surface area contributed by atoms with Crippen molar-refractivity contribution >= 4 is 23.0 Å². The molecule has 1 aliphatic carbocycles.